The second-order valence-corrected chi connectivity index (χ2v) is 10.6. The molecule has 2 heterocycles. The molecule has 1 saturated carbocycles. The van der Waals surface area contributed by atoms with Crippen LogP contribution in [-0.2, 0) is 16.4 Å². The molecule has 0 unspecified atom stereocenters. The van der Waals surface area contributed by atoms with Crippen molar-refractivity contribution in [3.63, 3.8) is 0 Å². The van der Waals surface area contributed by atoms with E-state index in [2.05, 4.69) is 15.3 Å². The molecule has 0 radical (unpaired) electrons. The van der Waals surface area contributed by atoms with Crippen LogP contribution in [0.15, 0.2) is 23.4 Å². The Morgan fingerprint density at radius 1 is 1.21 bits per heavy atom. The van der Waals surface area contributed by atoms with Crippen molar-refractivity contribution in [2.45, 2.75) is 50.0 Å². The number of amides is 1. The molecule has 0 aromatic carbocycles. The van der Waals surface area contributed by atoms with Crippen molar-refractivity contribution >= 4 is 38.2 Å². The van der Waals surface area contributed by atoms with Gasteiger partial charge < -0.3 is 4.90 Å². The van der Waals surface area contributed by atoms with E-state index in [0.717, 1.165) is 41.3 Å². The Hall–Kier alpha value is -2.04. The number of thiazole rings is 1. The summed E-state index contributed by atoms with van der Waals surface area (Å²) >= 11 is 1.41. The van der Waals surface area contributed by atoms with Gasteiger partial charge >= 0.3 is 0 Å². The Balaban J connectivity index is 2.00. The number of carbonyl (C=O) groups excluding carboxylic acids is 1. The van der Waals surface area contributed by atoms with Crippen LogP contribution in [0.1, 0.15) is 47.8 Å². The zero-order chi connectivity index (χ0) is 21.2. The Morgan fingerprint density at radius 3 is 2.48 bits per heavy atom. The SMILES string of the molecule is CCc1cnc(NC(=O)c2cc(S(=O)(=O)N(C)C)cnc2N(C)C2CCCC2)s1. The number of hydrogen-bond donors (Lipinski definition) is 1. The molecule has 29 heavy (non-hydrogen) atoms. The minimum Gasteiger partial charge on any atom is -0.356 e. The number of pyridine rings is 1. The fourth-order valence-electron chi connectivity index (χ4n) is 3.40. The Kier molecular flexibility index (Phi) is 6.55. The molecule has 0 aliphatic heterocycles. The van der Waals surface area contributed by atoms with Gasteiger partial charge in [-0.1, -0.05) is 19.8 Å². The van der Waals surface area contributed by atoms with E-state index in [1.807, 2.05) is 18.9 Å². The van der Waals surface area contributed by atoms with Crippen molar-refractivity contribution in [3.8, 4) is 0 Å². The largest absolute Gasteiger partial charge is 0.356 e. The lowest BCUT2D eigenvalue weighted by Gasteiger charge is -2.27. The maximum Gasteiger partial charge on any atom is 0.261 e. The summed E-state index contributed by atoms with van der Waals surface area (Å²) in [6.07, 6.45) is 8.24. The van der Waals surface area contributed by atoms with E-state index >= 15 is 0 Å². The Labute approximate surface area is 176 Å². The van der Waals surface area contributed by atoms with E-state index in [1.54, 1.807) is 6.20 Å². The highest BCUT2D eigenvalue weighted by molar-refractivity contribution is 7.89. The molecule has 2 aromatic heterocycles. The molecule has 0 spiro atoms. The Bertz CT molecular complexity index is 981. The zero-order valence-electron chi connectivity index (χ0n) is 17.2. The predicted molar refractivity (Wildman–Crippen MR) is 115 cm³/mol. The van der Waals surface area contributed by atoms with Gasteiger partial charge in [-0.05, 0) is 25.3 Å². The van der Waals surface area contributed by atoms with Gasteiger partial charge in [0, 0.05) is 44.5 Å². The summed E-state index contributed by atoms with van der Waals surface area (Å²) in [5.74, 6) is 0.0736. The highest BCUT2D eigenvalue weighted by Gasteiger charge is 2.28. The molecular formula is C19H27N5O3S2. The number of carbonyl (C=O) groups is 1. The van der Waals surface area contributed by atoms with Crippen LogP contribution in [0.2, 0.25) is 0 Å². The fourth-order valence-corrected chi connectivity index (χ4v) is 5.02. The van der Waals surface area contributed by atoms with Gasteiger partial charge in [0.1, 0.15) is 10.7 Å². The van der Waals surface area contributed by atoms with E-state index in [1.165, 1.54) is 37.7 Å². The number of aromatic nitrogens is 2. The summed E-state index contributed by atoms with van der Waals surface area (Å²) in [5.41, 5.74) is 0.232. The van der Waals surface area contributed by atoms with Crippen LogP contribution in [0.4, 0.5) is 10.9 Å². The number of rotatable bonds is 7. The molecule has 10 heteroatoms. The third-order valence-electron chi connectivity index (χ3n) is 5.19. The first kappa shape index (κ1) is 21.7. The van der Waals surface area contributed by atoms with Gasteiger partial charge in [0.2, 0.25) is 10.0 Å². The standard InChI is InChI=1S/C19H27N5O3S2/c1-5-14-11-21-19(28-14)22-18(25)16-10-15(29(26,27)23(2)3)12-20-17(16)24(4)13-8-6-7-9-13/h10-13H,5-9H2,1-4H3,(H,21,22,25). The summed E-state index contributed by atoms with van der Waals surface area (Å²) in [6, 6.07) is 1.70. The Morgan fingerprint density at radius 2 is 1.90 bits per heavy atom. The summed E-state index contributed by atoms with van der Waals surface area (Å²) in [5, 5.41) is 3.29. The van der Waals surface area contributed by atoms with Gasteiger partial charge in [-0.3, -0.25) is 10.1 Å². The second-order valence-electron chi connectivity index (χ2n) is 7.32. The zero-order valence-corrected chi connectivity index (χ0v) is 18.8. The van der Waals surface area contributed by atoms with Crippen LogP contribution in [-0.4, -0.2) is 55.8 Å². The van der Waals surface area contributed by atoms with Gasteiger partial charge in [0.25, 0.3) is 5.91 Å². The number of nitrogens with zero attached hydrogens (tertiary/aromatic N) is 4. The molecule has 3 rings (SSSR count). The third-order valence-corrected chi connectivity index (χ3v) is 8.03. The van der Waals surface area contributed by atoms with E-state index in [9.17, 15) is 13.2 Å². The first-order valence-electron chi connectivity index (χ1n) is 9.65. The molecule has 2 aromatic rings. The van der Waals surface area contributed by atoms with Gasteiger partial charge in [0.05, 0.1) is 5.56 Å². The summed E-state index contributed by atoms with van der Waals surface area (Å²) < 4.78 is 26.3. The number of aryl methyl sites for hydroxylation is 1. The maximum absolute atomic E-state index is 13.1. The van der Waals surface area contributed by atoms with Crippen LogP contribution in [0, 0.1) is 0 Å². The predicted octanol–water partition coefficient (Wildman–Crippen LogP) is 2.98. The quantitative estimate of drug-likeness (QED) is 0.715. The molecule has 0 saturated heterocycles. The van der Waals surface area contributed by atoms with Crippen molar-refractivity contribution in [2.75, 3.05) is 31.4 Å². The van der Waals surface area contributed by atoms with E-state index in [-0.39, 0.29) is 16.5 Å². The van der Waals surface area contributed by atoms with Crippen LogP contribution >= 0.6 is 11.3 Å². The maximum atomic E-state index is 13.1. The first-order valence-corrected chi connectivity index (χ1v) is 11.9. The van der Waals surface area contributed by atoms with E-state index in [4.69, 9.17) is 0 Å². The lowest BCUT2D eigenvalue weighted by molar-refractivity contribution is 0.102. The summed E-state index contributed by atoms with van der Waals surface area (Å²) in [7, 11) is 1.11. The van der Waals surface area contributed by atoms with Crippen molar-refractivity contribution in [3.05, 3.63) is 28.9 Å². The lowest BCUT2D eigenvalue weighted by Crippen LogP contribution is -2.32. The third kappa shape index (κ3) is 4.59. The molecule has 158 valence electrons. The molecule has 8 nitrogen and oxygen atoms in total. The van der Waals surface area contributed by atoms with Crippen molar-refractivity contribution < 1.29 is 13.2 Å². The number of sulfonamides is 1. The van der Waals surface area contributed by atoms with Gasteiger partial charge in [-0.2, -0.15) is 0 Å². The molecule has 1 aliphatic rings. The number of nitrogens with one attached hydrogen (secondary N) is 1. The van der Waals surface area contributed by atoms with Crippen molar-refractivity contribution in [1.82, 2.24) is 14.3 Å². The summed E-state index contributed by atoms with van der Waals surface area (Å²) in [6.45, 7) is 2.02. The minimum atomic E-state index is -3.71. The number of hydrogen-bond acceptors (Lipinski definition) is 7. The molecule has 1 fully saturated rings. The van der Waals surface area contributed by atoms with Gasteiger partial charge in [0.15, 0.2) is 5.13 Å². The van der Waals surface area contributed by atoms with Crippen LogP contribution in [0.3, 0.4) is 0 Å². The minimum absolute atomic E-state index is 0.00962. The smallest absolute Gasteiger partial charge is 0.261 e. The van der Waals surface area contributed by atoms with Gasteiger partial charge in [-0.15, -0.1) is 11.3 Å². The van der Waals surface area contributed by atoms with Crippen molar-refractivity contribution in [2.24, 2.45) is 0 Å². The fraction of sp³-hybridized carbons (Fsp3) is 0.526. The number of anilines is 2. The second kappa shape index (κ2) is 8.76. The van der Waals surface area contributed by atoms with Crippen molar-refractivity contribution in [1.29, 1.82) is 0 Å². The highest BCUT2D eigenvalue weighted by atomic mass is 32.2. The van der Waals surface area contributed by atoms with Crippen LogP contribution in [0.25, 0.3) is 0 Å². The van der Waals surface area contributed by atoms with Crippen LogP contribution in [0.5, 0.6) is 0 Å². The molecule has 1 aliphatic carbocycles. The summed E-state index contributed by atoms with van der Waals surface area (Å²) in [4.78, 5) is 24.8. The monoisotopic (exact) mass is 437 g/mol. The average molecular weight is 438 g/mol. The topological polar surface area (TPSA) is 95.5 Å². The van der Waals surface area contributed by atoms with E-state index < -0.39 is 15.9 Å². The van der Waals surface area contributed by atoms with Crippen LogP contribution < -0.4 is 10.2 Å². The molecular weight excluding hydrogens is 410 g/mol. The first-order chi connectivity index (χ1) is 13.7. The molecule has 1 amide bonds. The van der Waals surface area contributed by atoms with Gasteiger partial charge in [-0.25, -0.2) is 22.7 Å². The average Bonchev–Trinajstić information content (AvgIpc) is 3.38. The molecule has 0 bridgehead atoms. The molecule has 1 N–H and O–H groups in total. The lowest BCUT2D eigenvalue weighted by atomic mass is 10.1. The molecule has 0 atom stereocenters. The highest BCUT2D eigenvalue weighted by Crippen LogP contribution is 2.30. The normalized spacial score (nSPS) is 15.1. The van der Waals surface area contributed by atoms with E-state index in [0.29, 0.717) is 10.9 Å².